The first-order valence-electron chi connectivity index (χ1n) is 7.11. The van der Waals surface area contributed by atoms with Gasteiger partial charge in [-0.3, -0.25) is 0 Å². The molecule has 118 valence electrons. The molecule has 1 aromatic heterocycles. The summed E-state index contributed by atoms with van der Waals surface area (Å²) >= 11 is 6.11. The Morgan fingerprint density at radius 2 is 2.14 bits per heavy atom. The maximum atomic E-state index is 6.11. The fraction of sp³-hybridized carbons (Fsp3) is 0.400. The van der Waals surface area contributed by atoms with E-state index in [2.05, 4.69) is 39.7 Å². The number of halogens is 1. The van der Waals surface area contributed by atoms with Crippen LogP contribution in [0.25, 0.3) is 0 Å². The van der Waals surface area contributed by atoms with Crippen molar-refractivity contribution < 1.29 is 4.74 Å². The molecule has 0 aliphatic rings. The zero-order valence-corrected chi connectivity index (χ0v) is 13.9. The second-order valence-corrected chi connectivity index (χ2v) is 5.45. The van der Waals surface area contributed by atoms with E-state index >= 15 is 0 Å². The lowest BCUT2D eigenvalue weighted by atomic mass is 10.2. The molecule has 0 saturated carbocycles. The maximum Gasteiger partial charge on any atom is 0.244 e. The van der Waals surface area contributed by atoms with Gasteiger partial charge in [-0.15, -0.1) is 5.10 Å². The molecule has 2 N–H and O–H groups in total. The Labute approximate surface area is 135 Å². The molecule has 1 atom stereocenters. The highest BCUT2D eigenvalue weighted by Crippen LogP contribution is 2.32. The maximum absolute atomic E-state index is 6.11. The number of benzene rings is 1. The zero-order valence-electron chi connectivity index (χ0n) is 13.1. The van der Waals surface area contributed by atoms with Crippen molar-refractivity contribution in [3.63, 3.8) is 0 Å². The molecule has 1 aromatic carbocycles. The van der Waals surface area contributed by atoms with Crippen molar-refractivity contribution in [1.82, 2.24) is 15.2 Å². The Morgan fingerprint density at radius 3 is 2.82 bits per heavy atom. The highest BCUT2D eigenvalue weighted by molar-refractivity contribution is 6.31. The van der Waals surface area contributed by atoms with E-state index in [4.69, 9.17) is 16.3 Å². The first-order chi connectivity index (χ1) is 10.5. The van der Waals surface area contributed by atoms with E-state index in [0.29, 0.717) is 22.5 Å². The lowest BCUT2D eigenvalue weighted by Crippen LogP contribution is -2.16. The first kappa shape index (κ1) is 16.3. The Morgan fingerprint density at radius 1 is 1.36 bits per heavy atom. The predicted octanol–water partition coefficient (Wildman–Crippen LogP) is 3.80. The first-order valence-corrected chi connectivity index (χ1v) is 7.48. The van der Waals surface area contributed by atoms with Crippen LogP contribution < -0.4 is 15.4 Å². The summed E-state index contributed by atoms with van der Waals surface area (Å²) in [5, 5.41) is 15.0. The molecular weight excluding hydrogens is 302 g/mol. The predicted molar refractivity (Wildman–Crippen MR) is 89.2 cm³/mol. The van der Waals surface area contributed by atoms with E-state index < -0.39 is 0 Å². The van der Waals surface area contributed by atoms with Crippen molar-refractivity contribution in [3.05, 3.63) is 28.9 Å². The molecule has 1 heterocycles. The SMILES string of the molecule is CCC(C)Nc1nncc(Nc2cc(C)c(Cl)cc2OC)n1. The molecule has 2 rings (SSSR count). The van der Waals surface area contributed by atoms with Gasteiger partial charge in [0, 0.05) is 17.1 Å². The van der Waals surface area contributed by atoms with E-state index in [1.807, 2.05) is 13.0 Å². The third-order valence-corrected chi connectivity index (χ3v) is 3.70. The van der Waals surface area contributed by atoms with Gasteiger partial charge in [-0.2, -0.15) is 10.1 Å². The van der Waals surface area contributed by atoms with Crippen LogP contribution in [0.2, 0.25) is 5.02 Å². The lowest BCUT2D eigenvalue weighted by molar-refractivity contribution is 0.416. The molecule has 0 amide bonds. The lowest BCUT2D eigenvalue weighted by Gasteiger charge is -2.14. The fourth-order valence-electron chi connectivity index (χ4n) is 1.82. The third kappa shape index (κ3) is 3.98. The Bertz CT molecular complexity index is 650. The number of hydrogen-bond donors (Lipinski definition) is 2. The molecule has 1 unspecified atom stereocenters. The highest BCUT2D eigenvalue weighted by Gasteiger charge is 2.09. The van der Waals surface area contributed by atoms with Crippen LogP contribution in [0.4, 0.5) is 17.5 Å². The number of anilines is 3. The molecule has 22 heavy (non-hydrogen) atoms. The average Bonchev–Trinajstić information content (AvgIpc) is 2.51. The van der Waals surface area contributed by atoms with Gasteiger partial charge in [0.15, 0.2) is 5.82 Å². The molecule has 0 aliphatic carbocycles. The van der Waals surface area contributed by atoms with Crippen LogP contribution >= 0.6 is 11.6 Å². The number of nitrogens with zero attached hydrogens (tertiary/aromatic N) is 3. The third-order valence-electron chi connectivity index (χ3n) is 3.29. The van der Waals surface area contributed by atoms with E-state index in [1.165, 1.54) is 0 Å². The van der Waals surface area contributed by atoms with Gasteiger partial charge in [0.05, 0.1) is 19.0 Å². The summed E-state index contributed by atoms with van der Waals surface area (Å²) < 4.78 is 5.34. The number of aromatic nitrogens is 3. The zero-order chi connectivity index (χ0) is 16.1. The minimum Gasteiger partial charge on any atom is -0.495 e. The fourth-order valence-corrected chi connectivity index (χ4v) is 1.97. The van der Waals surface area contributed by atoms with Crippen LogP contribution in [-0.4, -0.2) is 28.3 Å². The summed E-state index contributed by atoms with van der Waals surface area (Å²) in [6.07, 6.45) is 2.54. The topological polar surface area (TPSA) is 72.0 Å². The van der Waals surface area contributed by atoms with Crippen molar-refractivity contribution >= 4 is 29.1 Å². The molecule has 0 saturated heterocycles. The summed E-state index contributed by atoms with van der Waals surface area (Å²) in [5.74, 6) is 1.72. The van der Waals surface area contributed by atoms with Crippen LogP contribution in [0.5, 0.6) is 5.75 Å². The minimum atomic E-state index is 0.282. The Kier molecular flexibility index (Phi) is 5.38. The number of hydrogen-bond acceptors (Lipinski definition) is 6. The minimum absolute atomic E-state index is 0.282. The Balaban J connectivity index is 2.24. The van der Waals surface area contributed by atoms with E-state index in [1.54, 1.807) is 19.4 Å². The van der Waals surface area contributed by atoms with Gasteiger partial charge in [-0.25, -0.2) is 0 Å². The molecule has 2 aromatic rings. The van der Waals surface area contributed by atoms with Crippen LogP contribution in [0.15, 0.2) is 18.3 Å². The molecule has 6 nitrogen and oxygen atoms in total. The number of nitrogens with one attached hydrogen (secondary N) is 2. The summed E-state index contributed by atoms with van der Waals surface area (Å²) in [7, 11) is 1.60. The van der Waals surface area contributed by atoms with Gasteiger partial charge < -0.3 is 15.4 Å². The molecule has 7 heteroatoms. The summed E-state index contributed by atoms with van der Waals surface area (Å²) in [6, 6.07) is 3.96. The van der Waals surface area contributed by atoms with Gasteiger partial charge in [-0.1, -0.05) is 18.5 Å². The Hall–Kier alpha value is -2.08. The van der Waals surface area contributed by atoms with Crippen LogP contribution in [-0.2, 0) is 0 Å². The van der Waals surface area contributed by atoms with Crippen LogP contribution in [0.3, 0.4) is 0 Å². The quantitative estimate of drug-likeness (QED) is 0.843. The van der Waals surface area contributed by atoms with Crippen molar-refractivity contribution in [2.75, 3.05) is 17.7 Å². The largest absolute Gasteiger partial charge is 0.495 e. The molecule has 0 bridgehead atoms. The number of aryl methyl sites for hydroxylation is 1. The van der Waals surface area contributed by atoms with E-state index in [-0.39, 0.29) is 6.04 Å². The van der Waals surface area contributed by atoms with Crippen molar-refractivity contribution in [3.8, 4) is 5.75 Å². The van der Waals surface area contributed by atoms with Crippen molar-refractivity contribution in [2.45, 2.75) is 33.2 Å². The summed E-state index contributed by atoms with van der Waals surface area (Å²) in [5.41, 5.74) is 1.73. The molecule has 0 spiro atoms. The van der Waals surface area contributed by atoms with Gasteiger partial charge in [-0.05, 0) is 31.9 Å². The van der Waals surface area contributed by atoms with Crippen molar-refractivity contribution in [2.24, 2.45) is 0 Å². The van der Waals surface area contributed by atoms with Crippen LogP contribution in [0.1, 0.15) is 25.8 Å². The van der Waals surface area contributed by atoms with E-state index in [0.717, 1.165) is 17.7 Å². The number of rotatable bonds is 6. The molecular formula is C15H20ClN5O. The van der Waals surface area contributed by atoms with Gasteiger partial charge >= 0.3 is 0 Å². The second-order valence-electron chi connectivity index (χ2n) is 5.05. The second kappa shape index (κ2) is 7.26. The van der Waals surface area contributed by atoms with Gasteiger partial charge in [0.2, 0.25) is 5.95 Å². The smallest absolute Gasteiger partial charge is 0.244 e. The molecule has 0 aliphatic heterocycles. The number of ether oxygens (including phenoxy) is 1. The van der Waals surface area contributed by atoms with Crippen LogP contribution in [0, 0.1) is 6.92 Å². The summed E-state index contributed by atoms with van der Waals surface area (Å²) in [4.78, 5) is 4.40. The average molecular weight is 322 g/mol. The highest BCUT2D eigenvalue weighted by atomic mass is 35.5. The van der Waals surface area contributed by atoms with Crippen molar-refractivity contribution in [1.29, 1.82) is 0 Å². The normalized spacial score (nSPS) is 11.9. The molecule has 0 fully saturated rings. The van der Waals surface area contributed by atoms with Gasteiger partial charge in [0.1, 0.15) is 5.75 Å². The standard InChI is InChI=1S/C15H20ClN5O/c1-5-10(3)18-15-20-14(8-17-21-15)19-12-6-9(2)11(16)7-13(12)22-4/h6-8,10H,5H2,1-4H3,(H2,18,19,20,21). The van der Waals surface area contributed by atoms with E-state index in [9.17, 15) is 0 Å². The molecule has 0 radical (unpaired) electrons. The number of methoxy groups -OCH3 is 1. The monoisotopic (exact) mass is 321 g/mol. The summed E-state index contributed by atoms with van der Waals surface area (Å²) in [6.45, 7) is 6.09. The van der Waals surface area contributed by atoms with Gasteiger partial charge in [0.25, 0.3) is 0 Å².